The second kappa shape index (κ2) is 13.0. The zero-order valence-electron chi connectivity index (χ0n) is 18.8. The summed E-state index contributed by atoms with van der Waals surface area (Å²) in [7, 11) is 0. The van der Waals surface area contributed by atoms with Crippen molar-refractivity contribution in [3.8, 4) is 11.5 Å². The molecule has 0 aliphatic heterocycles. The lowest BCUT2D eigenvalue weighted by molar-refractivity contribution is 0.245. The van der Waals surface area contributed by atoms with Crippen LogP contribution in [0.25, 0.3) is 11.5 Å². The molecule has 7 heteroatoms. The number of rotatable bonds is 12. The number of aryl methyl sites for hydroxylation is 1. The number of aliphatic hydroxyl groups excluding tert-OH is 1. The van der Waals surface area contributed by atoms with Gasteiger partial charge in [0.25, 0.3) is 5.89 Å². The SMILES string of the molecule is CCNC(=NCC(CCO)CC(C)C)NCCc1ccc(-c2nc(CC)no2)cc1. The quantitative estimate of drug-likeness (QED) is 0.363. The van der Waals surface area contributed by atoms with Gasteiger partial charge in [0.1, 0.15) is 0 Å². The van der Waals surface area contributed by atoms with Crippen LogP contribution in [0.4, 0.5) is 0 Å². The zero-order chi connectivity index (χ0) is 21.8. The minimum Gasteiger partial charge on any atom is -0.396 e. The normalized spacial score (nSPS) is 12.9. The van der Waals surface area contributed by atoms with E-state index in [1.54, 1.807) is 0 Å². The van der Waals surface area contributed by atoms with Crippen molar-refractivity contribution in [1.82, 2.24) is 20.8 Å². The highest BCUT2D eigenvalue weighted by atomic mass is 16.5. The maximum Gasteiger partial charge on any atom is 0.257 e. The van der Waals surface area contributed by atoms with E-state index in [1.807, 2.05) is 19.1 Å². The maximum absolute atomic E-state index is 9.30. The molecular weight excluding hydrogens is 378 g/mol. The highest BCUT2D eigenvalue weighted by Crippen LogP contribution is 2.18. The van der Waals surface area contributed by atoms with E-state index in [9.17, 15) is 5.11 Å². The first-order valence-electron chi connectivity index (χ1n) is 11.1. The Hall–Kier alpha value is -2.41. The number of aliphatic hydroxyl groups is 1. The third kappa shape index (κ3) is 8.14. The Morgan fingerprint density at radius 1 is 1.17 bits per heavy atom. The molecule has 0 saturated carbocycles. The van der Waals surface area contributed by atoms with Crippen LogP contribution < -0.4 is 10.6 Å². The van der Waals surface area contributed by atoms with Crippen LogP contribution in [0.2, 0.25) is 0 Å². The minimum atomic E-state index is 0.218. The largest absolute Gasteiger partial charge is 0.396 e. The fraction of sp³-hybridized carbons (Fsp3) is 0.609. The molecule has 166 valence electrons. The predicted octanol–water partition coefficient (Wildman–Crippen LogP) is 3.44. The van der Waals surface area contributed by atoms with Gasteiger partial charge in [0, 0.05) is 38.2 Å². The molecule has 3 N–H and O–H groups in total. The highest BCUT2D eigenvalue weighted by molar-refractivity contribution is 5.79. The topological polar surface area (TPSA) is 95.6 Å². The molecule has 0 spiro atoms. The molecule has 1 atom stereocenters. The third-order valence-electron chi connectivity index (χ3n) is 4.89. The molecule has 2 aromatic rings. The van der Waals surface area contributed by atoms with Gasteiger partial charge >= 0.3 is 0 Å². The molecule has 0 aliphatic rings. The second-order valence-corrected chi connectivity index (χ2v) is 7.97. The minimum absolute atomic E-state index is 0.218. The van der Waals surface area contributed by atoms with E-state index in [0.29, 0.717) is 17.7 Å². The van der Waals surface area contributed by atoms with Crippen molar-refractivity contribution >= 4 is 5.96 Å². The fourth-order valence-electron chi connectivity index (χ4n) is 3.35. The molecule has 1 aromatic carbocycles. The number of hydrogen-bond donors (Lipinski definition) is 3. The first-order chi connectivity index (χ1) is 14.5. The molecule has 1 aromatic heterocycles. The molecule has 1 unspecified atom stereocenters. The van der Waals surface area contributed by atoms with E-state index in [0.717, 1.165) is 62.7 Å². The average Bonchev–Trinajstić information content (AvgIpc) is 3.21. The fourth-order valence-corrected chi connectivity index (χ4v) is 3.35. The molecule has 0 aliphatic carbocycles. The number of hydrogen-bond acceptors (Lipinski definition) is 5. The number of aromatic nitrogens is 2. The molecule has 2 rings (SSSR count). The molecule has 30 heavy (non-hydrogen) atoms. The van der Waals surface area contributed by atoms with Crippen molar-refractivity contribution in [3.05, 3.63) is 35.7 Å². The molecule has 0 bridgehead atoms. The van der Waals surface area contributed by atoms with E-state index < -0.39 is 0 Å². The smallest absolute Gasteiger partial charge is 0.257 e. The van der Waals surface area contributed by atoms with Gasteiger partial charge in [0.2, 0.25) is 0 Å². The Balaban J connectivity index is 1.87. The highest BCUT2D eigenvalue weighted by Gasteiger charge is 2.11. The van der Waals surface area contributed by atoms with Crippen LogP contribution in [-0.4, -0.2) is 47.4 Å². The number of aliphatic imine (C=N–C) groups is 1. The average molecular weight is 416 g/mol. The van der Waals surface area contributed by atoms with Crippen LogP contribution in [0.1, 0.15) is 51.9 Å². The maximum atomic E-state index is 9.30. The van der Waals surface area contributed by atoms with E-state index in [1.165, 1.54) is 5.56 Å². The Morgan fingerprint density at radius 3 is 2.53 bits per heavy atom. The first-order valence-corrected chi connectivity index (χ1v) is 11.1. The molecule has 7 nitrogen and oxygen atoms in total. The van der Waals surface area contributed by atoms with E-state index in [4.69, 9.17) is 9.52 Å². The van der Waals surface area contributed by atoms with Gasteiger partial charge in [-0.25, -0.2) is 0 Å². The molecule has 1 heterocycles. The Morgan fingerprint density at radius 2 is 1.93 bits per heavy atom. The summed E-state index contributed by atoms with van der Waals surface area (Å²) >= 11 is 0. The Labute approximate surface area is 180 Å². The monoisotopic (exact) mass is 415 g/mol. The molecule has 0 radical (unpaired) electrons. The summed E-state index contributed by atoms with van der Waals surface area (Å²) in [6.45, 7) is 11.1. The molecule has 0 fully saturated rings. The van der Waals surface area contributed by atoms with Crippen LogP contribution in [0, 0.1) is 11.8 Å². The molecule has 0 amide bonds. The Kier molecular flexibility index (Phi) is 10.3. The van der Waals surface area contributed by atoms with E-state index in [2.05, 4.69) is 53.7 Å². The predicted molar refractivity (Wildman–Crippen MR) is 121 cm³/mol. The lowest BCUT2D eigenvalue weighted by Crippen LogP contribution is -2.38. The lowest BCUT2D eigenvalue weighted by atomic mass is 9.94. The van der Waals surface area contributed by atoms with Gasteiger partial charge in [0.05, 0.1) is 0 Å². The zero-order valence-corrected chi connectivity index (χ0v) is 18.8. The van der Waals surface area contributed by atoms with Crippen molar-refractivity contribution in [2.75, 3.05) is 26.2 Å². The van der Waals surface area contributed by atoms with Crippen LogP contribution >= 0.6 is 0 Å². The third-order valence-corrected chi connectivity index (χ3v) is 4.89. The van der Waals surface area contributed by atoms with Gasteiger partial charge in [-0.1, -0.05) is 38.1 Å². The van der Waals surface area contributed by atoms with Crippen molar-refractivity contribution in [3.63, 3.8) is 0 Å². The Bertz CT molecular complexity index is 755. The van der Waals surface area contributed by atoms with E-state index >= 15 is 0 Å². The van der Waals surface area contributed by atoms with E-state index in [-0.39, 0.29) is 6.61 Å². The summed E-state index contributed by atoms with van der Waals surface area (Å²) in [6, 6.07) is 8.23. The number of nitrogens with one attached hydrogen (secondary N) is 2. The van der Waals surface area contributed by atoms with Crippen molar-refractivity contribution in [2.24, 2.45) is 16.8 Å². The standard InChI is InChI=1S/C23H37N5O2/c1-5-21-27-22(30-28-21)20-9-7-18(8-10-20)11-13-25-23(24-6-2)26-16-19(12-14-29)15-17(3)4/h7-10,17,19,29H,5-6,11-16H2,1-4H3,(H2,24,25,26). The van der Waals surface area contributed by atoms with Crippen molar-refractivity contribution in [1.29, 1.82) is 0 Å². The number of benzene rings is 1. The van der Waals surface area contributed by atoms with Gasteiger partial charge in [0.15, 0.2) is 11.8 Å². The van der Waals surface area contributed by atoms with Crippen LogP contribution in [0.5, 0.6) is 0 Å². The van der Waals surface area contributed by atoms with Crippen LogP contribution in [0.3, 0.4) is 0 Å². The van der Waals surface area contributed by atoms with Crippen molar-refractivity contribution in [2.45, 2.75) is 53.4 Å². The summed E-state index contributed by atoms with van der Waals surface area (Å²) in [5.41, 5.74) is 2.17. The summed E-state index contributed by atoms with van der Waals surface area (Å²) in [6.07, 6.45) is 3.53. The lowest BCUT2D eigenvalue weighted by Gasteiger charge is -2.17. The summed E-state index contributed by atoms with van der Waals surface area (Å²) in [4.78, 5) is 9.11. The van der Waals surface area contributed by atoms with Crippen LogP contribution in [0.15, 0.2) is 33.8 Å². The van der Waals surface area contributed by atoms with Gasteiger partial charge in [-0.05, 0) is 55.7 Å². The molecular formula is C23H37N5O2. The van der Waals surface area contributed by atoms with Crippen molar-refractivity contribution < 1.29 is 9.63 Å². The first kappa shape index (κ1) is 23.9. The summed E-state index contributed by atoms with van der Waals surface area (Å²) in [5, 5.41) is 20.0. The number of guanidine groups is 1. The van der Waals surface area contributed by atoms with Gasteiger partial charge in [-0.2, -0.15) is 4.98 Å². The summed E-state index contributed by atoms with van der Waals surface area (Å²) < 4.78 is 5.30. The van der Waals surface area contributed by atoms with Gasteiger partial charge < -0.3 is 20.3 Å². The summed E-state index contributed by atoms with van der Waals surface area (Å²) in [5.74, 6) is 3.14. The molecule has 0 saturated heterocycles. The van der Waals surface area contributed by atoms with Crippen LogP contribution in [-0.2, 0) is 12.8 Å². The number of nitrogens with zero attached hydrogens (tertiary/aromatic N) is 3. The second-order valence-electron chi connectivity index (χ2n) is 7.97. The van der Waals surface area contributed by atoms with Gasteiger partial charge in [-0.15, -0.1) is 0 Å². The van der Waals surface area contributed by atoms with Gasteiger partial charge in [-0.3, -0.25) is 4.99 Å².